The summed E-state index contributed by atoms with van der Waals surface area (Å²) < 4.78 is 0. The molecule has 5 nitrogen and oxygen atoms in total. The van der Waals surface area contributed by atoms with Crippen molar-refractivity contribution in [1.82, 2.24) is 5.32 Å². The van der Waals surface area contributed by atoms with Crippen LogP contribution in [0, 0.1) is 5.41 Å². The van der Waals surface area contributed by atoms with Crippen molar-refractivity contribution in [3.63, 3.8) is 0 Å². The second kappa shape index (κ2) is 5.27. The van der Waals surface area contributed by atoms with Gasteiger partial charge in [0.2, 0.25) is 0 Å². The highest BCUT2D eigenvalue weighted by Gasteiger charge is 2.25. The van der Waals surface area contributed by atoms with E-state index in [1.165, 1.54) is 18.2 Å². The second-order valence-corrected chi connectivity index (χ2v) is 5.37. The minimum Gasteiger partial charge on any atom is -0.508 e. The molecule has 0 bridgehead atoms. The Balaban J connectivity index is 2.88. The van der Waals surface area contributed by atoms with Crippen molar-refractivity contribution in [1.29, 1.82) is 0 Å². The Morgan fingerprint density at radius 1 is 1.28 bits per heavy atom. The van der Waals surface area contributed by atoms with Crippen molar-refractivity contribution in [2.75, 3.05) is 6.54 Å². The summed E-state index contributed by atoms with van der Waals surface area (Å²) in [4.78, 5) is 12.0. The Bertz CT molecular complexity index is 418. The standard InChI is InChI=1S/C13H20N2O3/c1-13(2,3)11(7-14)15-12(18)8-4-9(16)6-10(17)5-8/h4-6,11,16-17H,7,14H2,1-3H3,(H,15,18). The van der Waals surface area contributed by atoms with Gasteiger partial charge in [-0.15, -0.1) is 0 Å². The lowest BCUT2D eigenvalue weighted by atomic mass is 9.86. The maximum Gasteiger partial charge on any atom is 0.251 e. The number of nitrogens with one attached hydrogen (secondary N) is 1. The highest BCUT2D eigenvalue weighted by Crippen LogP contribution is 2.22. The zero-order valence-corrected chi connectivity index (χ0v) is 10.9. The summed E-state index contributed by atoms with van der Waals surface area (Å²) in [7, 11) is 0. The number of nitrogens with two attached hydrogens (primary N) is 1. The summed E-state index contributed by atoms with van der Waals surface area (Å²) in [6.45, 7) is 6.25. The van der Waals surface area contributed by atoms with Crippen molar-refractivity contribution in [2.45, 2.75) is 26.8 Å². The highest BCUT2D eigenvalue weighted by molar-refractivity contribution is 5.95. The molecule has 1 aromatic rings. The normalized spacial score (nSPS) is 13.1. The first kappa shape index (κ1) is 14.3. The van der Waals surface area contributed by atoms with Gasteiger partial charge in [-0.3, -0.25) is 4.79 Å². The first-order chi connectivity index (χ1) is 8.24. The molecule has 0 aliphatic carbocycles. The lowest BCUT2D eigenvalue weighted by molar-refractivity contribution is 0.0904. The fourth-order valence-electron chi connectivity index (χ4n) is 1.60. The quantitative estimate of drug-likeness (QED) is 0.650. The Kier molecular flexibility index (Phi) is 4.19. The molecule has 0 aliphatic rings. The molecule has 0 aromatic heterocycles. The third-order valence-electron chi connectivity index (χ3n) is 2.75. The molecule has 0 saturated heterocycles. The summed E-state index contributed by atoms with van der Waals surface area (Å²) in [6.07, 6.45) is 0. The molecule has 0 aliphatic heterocycles. The molecule has 1 unspecified atom stereocenters. The van der Waals surface area contributed by atoms with Gasteiger partial charge < -0.3 is 21.3 Å². The molecule has 1 amide bonds. The number of hydrogen-bond donors (Lipinski definition) is 4. The molecule has 5 N–H and O–H groups in total. The molecule has 18 heavy (non-hydrogen) atoms. The first-order valence-corrected chi connectivity index (χ1v) is 5.78. The lowest BCUT2D eigenvalue weighted by Crippen LogP contribution is -2.48. The van der Waals surface area contributed by atoms with Gasteiger partial charge in [0.15, 0.2) is 0 Å². The Hall–Kier alpha value is -1.75. The predicted octanol–water partition coefficient (Wildman–Crippen LogP) is 1.20. The van der Waals surface area contributed by atoms with Crippen LogP contribution in [0.4, 0.5) is 0 Å². The number of aromatic hydroxyl groups is 2. The van der Waals surface area contributed by atoms with Crippen molar-refractivity contribution in [3.8, 4) is 11.5 Å². The molecule has 0 saturated carbocycles. The van der Waals surface area contributed by atoms with Gasteiger partial charge in [0.25, 0.3) is 5.91 Å². The van der Waals surface area contributed by atoms with Gasteiger partial charge >= 0.3 is 0 Å². The first-order valence-electron chi connectivity index (χ1n) is 5.78. The molecule has 1 rings (SSSR count). The van der Waals surface area contributed by atoms with Crippen molar-refractivity contribution in [2.24, 2.45) is 11.1 Å². The lowest BCUT2D eigenvalue weighted by Gasteiger charge is -2.30. The van der Waals surface area contributed by atoms with Crippen LogP contribution in [0.1, 0.15) is 31.1 Å². The van der Waals surface area contributed by atoms with Gasteiger partial charge in [0.05, 0.1) is 0 Å². The number of hydrogen-bond acceptors (Lipinski definition) is 4. The smallest absolute Gasteiger partial charge is 0.251 e. The minimum atomic E-state index is -0.369. The Labute approximate surface area is 107 Å². The molecule has 0 spiro atoms. The number of phenolic OH excluding ortho intramolecular Hbond substituents is 2. The fourth-order valence-corrected chi connectivity index (χ4v) is 1.60. The Morgan fingerprint density at radius 2 is 1.78 bits per heavy atom. The molecule has 1 atom stereocenters. The van der Waals surface area contributed by atoms with Gasteiger partial charge in [-0.05, 0) is 17.5 Å². The Morgan fingerprint density at radius 3 is 2.17 bits per heavy atom. The molecule has 100 valence electrons. The highest BCUT2D eigenvalue weighted by atomic mass is 16.3. The zero-order valence-electron chi connectivity index (χ0n) is 10.9. The number of carbonyl (C=O) groups excluding carboxylic acids is 1. The largest absolute Gasteiger partial charge is 0.508 e. The maximum atomic E-state index is 12.0. The van der Waals surface area contributed by atoms with E-state index in [1.54, 1.807) is 0 Å². The number of carbonyl (C=O) groups is 1. The van der Waals surface area contributed by atoms with E-state index in [-0.39, 0.29) is 34.4 Å². The van der Waals surface area contributed by atoms with Crippen molar-refractivity contribution < 1.29 is 15.0 Å². The summed E-state index contributed by atoms with van der Waals surface area (Å²) in [6, 6.07) is 3.58. The van der Waals surface area contributed by atoms with Crippen LogP contribution in [0.3, 0.4) is 0 Å². The van der Waals surface area contributed by atoms with Crippen LogP contribution < -0.4 is 11.1 Å². The summed E-state index contributed by atoms with van der Waals surface area (Å²) in [5, 5.41) is 21.4. The van der Waals surface area contributed by atoms with E-state index in [1.807, 2.05) is 20.8 Å². The van der Waals surface area contributed by atoms with E-state index in [0.717, 1.165) is 0 Å². The van der Waals surface area contributed by atoms with Gasteiger partial charge in [0.1, 0.15) is 11.5 Å². The van der Waals surface area contributed by atoms with Crippen LogP contribution in [-0.4, -0.2) is 28.7 Å². The third kappa shape index (κ3) is 3.63. The van der Waals surface area contributed by atoms with Crippen LogP contribution in [0.15, 0.2) is 18.2 Å². The molecular formula is C13H20N2O3. The van der Waals surface area contributed by atoms with E-state index in [4.69, 9.17) is 5.73 Å². The van der Waals surface area contributed by atoms with Crippen LogP contribution in [0.5, 0.6) is 11.5 Å². The summed E-state index contributed by atoms with van der Waals surface area (Å²) >= 11 is 0. The van der Waals surface area contributed by atoms with E-state index in [0.29, 0.717) is 6.54 Å². The third-order valence-corrected chi connectivity index (χ3v) is 2.75. The van der Waals surface area contributed by atoms with Gasteiger partial charge in [-0.1, -0.05) is 20.8 Å². The van der Waals surface area contributed by atoms with Crippen LogP contribution >= 0.6 is 0 Å². The number of phenols is 2. The summed E-state index contributed by atoms with van der Waals surface area (Å²) in [5.41, 5.74) is 5.67. The molecule has 0 fully saturated rings. The summed E-state index contributed by atoms with van der Waals surface area (Å²) in [5.74, 6) is -0.674. The van der Waals surface area contributed by atoms with Crippen molar-refractivity contribution >= 4 is 5.91 Å². The average Bonchev–Trinajstić information content (AvgIpc) is 2.22. The molecule has 5 heteroatoms. The number of rotatable bonds is 3. The van der Waals surface area contributed by atoms with Gasteiger partial charge in [0, 0.05) is 24.2 Å². The molecular weight excluding hydrogens is 232 g/mol. The van der Waals surface area contributed by atoms with Gasteiger partial charge in [-0.25, -0.2) is 0 Å². The van der Waals surface area contributed by atoms with Gasteiger partial charge in [-0.2, -0.15) is 0 Å². The van der Waals surface area contributed by atoms with E-state index >= 15 is 0 Å². The van der Waals surface area contributed by atoms with E-state index in [9.17, 15) is 15.0 Å². The molecule has 1 aromatic carbocycles. The second-order valence-electron chi connectivity index (χ2n) is 5.37. The maximum absolute atomic E-state index is 12.0. The van der Waals surface area contributed by atoms with Crippen LogP contribution in [0.2, 0.25) is 0 Å². The topological polar surface area (TPSA) is 95.6 Å². The van der Waals surface area contributed by atoms with E-state index < -0.39 is 0 Å². The molecule has 0 heterocycles. The van der Waals surface area contributed by atoms with Crippen LogP contribution in [-0.2, 0) is 0 Å². The number of amides is 1. The molecule has 0 radical (unpaired) electrons. The minimum absolute atomic E-state index is 0.153. The zero-order chi connectivity index (χ0) is 13.9. The fraction of sp³-hybridized carbons (Fsp3) is 0.462. The number of benzene rings is 1. The SMILES string of the molecule is CC(C)(C)C(CN)NC(=O)c1cc(O)cc(O)c1. The monoisotopic (exact) mass is 252 g/mol. The average molecular weight is 252 g/mol. The van der Waals surface area contributed by atoms with Crippen LogP contribution in [0.25, 0.3) is 0 Å². The van der Waals surface area contributed by atoms with E-state index in [2.05, 4.69) is 5.32 Å². The predicted molar refractivity (Wildman–Crippen MR) is 69.5 cm³/mol. The van der Waals surface area contributed by atoms with Crippen molar-refractivity contribution in [3.05, 3.63) is 23.8 Å².